The average Bonchev–Trinajstić information content (AvgIpc) is 3.12. The number of benzene rings is 1. The predicted octanol–water partition coefficient (Wildman–Crippen LogP) is 1.57. The average molecular weight is 267 g/mol. The van der Waals surface area contributed by atoms with Gasteiger partial charge in [0.05, 0.1) is 0 Å². The second-order valence-corrected chi connectivity index (χ2v) is 4.49. The third-order valence-corrected chi connectivity index (χ3v) is 2.77. The fourth-order valence-corrected chi connectivity index (χ4v) is 1.56. The summed E-state index contributed by atoms with van der Waals surface area (Å²) in [6.07, 6.45) is 1.01. The van der Waals surface area contributed by atoms with Gasteiger partial charge in [-0.3, -0.25) is 4.79 Å². The maximum Gasteiger partial charge on any atom is 0.339 e. The highest BCUT2D eigenvalue weighted by Gasteiger charge is 2.27. The topological polar surface area (TPSA) is 75.6 Å². The van der Waals surface area contributed by atoms with Crippen LogP contribution in [0.15, 0.2) is 18.2 Å². The van der Waals surface area contributed by atoms with Crippen LogP contribution in [0, 0.1) is 5.82 Å². The maximum atomic E-state index is 13.1. The largest absolute Gasteiger partial charge is 0.480 e. The zero-order chi connectivity index (χ0) is 14.0. The van der Waals surface area contributed by atoms with Crippen LogP contribution >= 0.6 is 0 Å². The minimum absolute atomic E-state index is 0.147. The van der Waals surface area contributed by atoms with Gasteiger partial charge in [-0.15, -0.1) is 0 Å². The van der Waals surface area contributed by atoms with Crippen LogP contribution in [0.1, 0.15) is 30.1 Å². The van der Waals surface area contributed by atoms with Crippen LogP contribution in [0.25, 0.3) is 0 Å². The second-order valence-electron chi connectivity index (χ2n) is 4.49. The van der Waals surface area contributed by atoms with Crippen LogP contribution in [0.3, 0.4) is 0 Å². The summed E-state index contributed by atoms with van der Waals surface area (Å²) in [7, 11) is 0. The Hall–Kier alpha value is -2.11. The van der Waals surface area contributed by atoms with E-state index >= 15 is 0 Å². The number of ether oxygens (including phenoxy) is 1. The Morgan fingerprint density at radius 1 is 1.47 bits per heavy atom. The van der Waals surface area contributed by atoms with Crippen LogP contribution < -0.4 is 10.1 Å². The zero-order valence-corrected chi connectivity index (χ0v) is 10.4. The Labute approximate surface area is 109 Å². The summed E-state index contributed by atoms with van der Waals surface area (Å²) in [6, 6.07) is 3.29. The molecule has 0 aliphatic heterocycles. The molecule has 0 bridgehead atoms. The van der Waals surface area contributed by atoms with E-state index in [9.17, 15) is 14.0 Å². The molecule has 1 saturated carbocycles. The lowest BCUT2D eigenvalue weighted by Crippen LogP contribution is -2.37. The molecular weight excluding hydrogens is 253 g/mol. The number of hydrogen-bond acceptors (Lipinski definition) is 3. The monoisotopic (exact) mass is 267 g/mol. The van der Waals surface area contributed by atoms with Gasteiger partial charge < -0.3 is 15.2 Å². The van der Waals surface area contributed by atoms with Gasteiger partial charge >= 0.3 is 5.97 Å². The van der Waals surface area contributed by atoms with Gasteiger partial charge in [-0.1, -0.05) is 0 Å². The van der Waals surface area contributed by atoms with E-state index in [1.165, 1.54) is 6.92 Å². The fraction of sp³-hybridized carbons (Fsp3) is 0.385. The standard InChI is InChI=1S/C13H14FNO4/c1-7(12(16)15-9-3-4-9)19-11-6-8(14)2-5-10(11)13(17)18/h2,5-7,9H,3-4H2,1H3,(H,15,16)(H,17,18). The van der Waals surface area contributed by atoms with Crippen LogP contribution in [-0.2, 0) is 4.79 Å². The molecule has 1 amide bonds. The van der Waals surface area contributed by atoms with E-state index in [0.29, 0.717) is 0 Å². The molecule has 102 valence electrons. The molecule has 0 spiro atoms. The van der Waals surface area contributed by atoms with Crippen molar-refractivity contribution in [2.45, 2.75) is 31.9 Å². The Morgan fingerprint density at radius 2 is 2.16 bits per heavy atom. The van der Waals surface area contributed by atoms with E-state index in [-0.39, 0.29) is 23.3 Å². The molecule has 1 aliphatic carbocycles. The molecule has 5 nitrogen and oxygen atoms in total. The fourth-order valence-electron chi connectivity index (χ4n) is 1.56. The van der Waals surface area contributed by atoms with Crippen LogP contribution in [0.5, 0.6) is 5.75 Å². The number of aromatic carboxylic acids is 1. The van der Waals surface area contributed by atoms with E-state index in [1.54, 1.807) is 0 Å². The van der Waals surface area contributed by atoms with Crippen molar-refractivity contribution in [2.24, 2.45) is 0 Å². The Kier molecular flexibility index (Phi) is 3.69. The van der Waals surface area contributed by atoms with Gasteiger partial charge in [-0.25, -0.2) is 9.18 Å². The first kappa shape index (κ1) is 13.3. The third kappa shape index (κ3) is 3.43. The Balaban J connectivity index is 2.10. The van der Waals surface area contributed by atoms with Crippen LogP contribution in [0.2, 0.25) is 0 Å². The minimum atomic E-state index is -1.23. The lowest BCUT2D eigenvalue weighted by molar-refractivity contribution is -0.127. The van der Waals surface area contributed by atoms with Crippen molar-refractivity contribution in [3.05, 3.63) is 29.6 Å². The van der Waals surface area contributed by atoms with E-state index in [0.717, 1.165) is 31.0 Å². The quantitative estimate of drug-likeness (QED) is 0.849. The van der Waals surface area contributed by atoms with Crippen LogP contribution in [-0.4, -0.2) is 29.1 Å². The molecule has 6 heteroatoms. The van der Waals surface area contributed by atoms with Crippen molar-refractivity contribution in [1.82, 2.24) is 5.32 Å². The molecule has 1 aromatic rings. The highest BCUT2D eigenvalue weighted by atomic mass is 19.1. The summed E-state index contributed by atoms with van der Waals surface area (Å²) in [5.74, 6) is -2.33. The molecule has 2 N–H and O–H groups in total. The SMILES string of the molecule is CC(Oc1cc(F)ccc1C(=O)O)C(=O)NC1CC1. The highest BCUT2D eigenvalue weighted by Crippen LogP contribution is 2.22. The van der Waals surface area contributed by atoms with Crippen molar-refractivity contribution in [3.8, 4) is 5.75 Å². The number of carboxylic acids is 1. The van der Waals surface area contributed by atoms with E-state index < -0.39 is 17.9 Å². The highest BCUT2D eigenvalue weighted by molar-refractivity contribution is 5.91. The number of amides is 1. The molecule has 1 aliphatic rings. The molecule has 2 rings (SSSR count). The van der Waals surface area contributed by atoms with E-state index in [2.05, 4.69) is 5.32 Å². The van der Waals surface area contributed by atoms with Gasteiger partial charge in [0.1, 0.15) is 17.1 Å². The molecule has 0 heterocycles. The summed E-state index contributed by atoms with van der Waals surface area (Å²) in [6.45, 7) is 1.49. The van der Waals surface area contributed by atoms with E-state index in [1.807, 2.05) is 0 Å². The van der Waals surface area contributed by atoms with Gasteiger partial charge in [-0.2, -0.15) is 0 Å². The summed E-state index contributed by atoms with van der Waals surface area (Å²) < 4.78 is 18.4. The second kappa shape index (κ2) is 5.26. The smallest absolute Gasteiger partial charge is 0.339 e. The van der Waals surface area contributed by atoms with Crippen molar-refractivity contribution >= 4 is 11.9 Å². The lowest BCUT2D eigenvalue weighted by atomic mass is 10.2. The molecule has 0 aromatic heterocycles. The number of hydrogen-bond donors (Lipinski definition) is 2. The molecule has 1 fully saturated rings. The molecule has 19 heavy (non-hydrogen) atoms. The first-order chi connectivity index (χ1) is 8.97. The first-order valence-corrected chi connectivity index (χ1v) is 5.97. The number of halogens is 1. The van der Waals surface area contributed by atoms with Gasteiger partial charge in [-0.05, 0) is 31.9 Å². The van der Waals surface area contributed by atoms with Crippen molar-refractivity contribution in [2.75, 3.05) is 0 Å². The number of carbonyl (C=O) groups excluding carboxylic acids is 1. The number of carboxylic acid groups (broad SMARTS) is 1. The van der Waals surface area contributed by atoms with E-state index in [4.69, 9.17) is 9.84 Å². The summed E-state index contributed by atoms with van der Waals surface area (Å²) >= 11 is 0. The normalized spacial score (nSPS) is 15.7. The maximum absolute atomic E-state index is 13.1. The van der Waals surface area contributed by atoms with Crippen LogP contribution in [0.4, 0.5) is 4.39 Å². The summed E-state index contributed by atoms with van der Waals surface area (Å²) in [4.78, 5) is 22.7. The molecule has 1 aromatic carbocycles. The zero-order valence-electron chi connectivity index (χ0n) is 10.4. The first-order valence-electron chi connectivity index (χ1n) is 5.97. The minimum Gasteiger partial charge on any atom is -0.480 e. The summed E-state index contributed by atoms with van der Waals surface area (Å²) in [5.41, 5.74) is -0.174. The number of rotatable bonds is 5. The molecule has 1 unspecified atom stereocenters. The van der Waals surface area contributed by atoms with Gasteiger partial charge in [0, 0.05) is 12.1 Å². The summed E-state index contributed by atoms with van der Waals surface area (Å²) in [5, 5.41) is 11.7. The molecular formula is C13H14FNO4. The predicted molar refractivity (Wildman–Crippen MR) is 64.6 cm³/mol. The van der Waals surface area contributed by atoms with Crippen molar-refractivity contribution < 1.29 is 23.8 Å². The lowest BCUT2D eigenvalue weighted by Gasteiger charge is -2.16. The molecule has 0 radical (unpaired) electrons. The van der Waals surface area contributed by atoms with Gasteiger partial charge in [0.25, 0.3) is 5.91 Å². The Morgan fingerprint density at radius 3 is 2.74 bits per heavy atom. The molecule has 0 saturated heterocycles. The van der Waals surface area contributed by atoms with Crippen molar-refractivity contribution in [3.63, 3.8) is 0 Å². The third-order valence-electron chi connectivity index (χ3n) is 2.77. The molecule has 1 atom stereocenters. The number of carbonyl (C=O) groups is 2. The van der Waals surface area contributed by atoms with Gasteiger partial charge in [0.2, 0.25) is 0 Å². The van der Waals surface area contributed by atoms with Gasteiger partial charge in [0.15, 0.2) is 6.10 Å². The number of nitrogens with one attached hydrogen (secondary N) is 1. The Bertz CT molecular complexity index is 513. The van der Waals surface area contributed by atoms with Crippen molar-refractivity contribution in [1.29, 1.82) is 0 Å².